The Hall–Kier alpha value is -2.10. The first-order valence-electron chi connectivity index (χ1n) is 8.28. The van der Waals surface area contributed by atoms with Crippen LogP contribution in [0.25, 0.3) is 0 Å². The number of ether oxygens (including phenoxy) is 2. The maximum Gasteiger partial charge on any atom is 0.243 e. The first-order chi connectivity index (χ1) is 12.6. The zero-order chi connectivity index (χ0) is 18.1. The lowest BCUT2D eigenvalue weighted by Crippen LogP contribution is -2.48. The summed E-state index contributed by atoms with van der Waals surface area (Å²) in [6.07, 6.45) is 0.830. The summed E-state index contributed by atoms with van der Waals surface area (Å²) >= 11 is 1.42. The van der Waals surface area contributed by atoms with Gasteiger partial charge < -0.3 is 14.4 Å². The average molecular weight is 394 g/mol. The molecule has 1 aromatic heterocycles. The number of rotatable bonds is 4. The van der Waals surface area contributed by atoms with E-state index in [0.29, 0.717) is 55.8 Å². The summed E-state index contributed by atoms with van der Waals surface area (Å²) < 4.78 is 38.3. The van der Waals surface area contributed by atoms with Gasteiger partial charge in [0, 0.05) is 32.2 Å². The number of sulfonamides is 1. The third-order valence-corrected chi connectivity index (χ3v) is 7.40. The van der Waals surface area contributed by atoms with Crippen molar-refractivity contribution in [2.75, 3.05) is 44.3 Å². The Balaban J connectivity index is 1.48. The molecule has 0 radical (unpaired) electrons. The molecular formula is C17H18N2O5S2. The first-order valence-corrected chi connectivity index (χ1v) is 10.5. The van der Waals surface area contributed by atoms with Crippen molar-refractivity contribution in [2.24, 2.45) is 0 Å². The smallest absolute Gasteiger partial charge is 0.243 e. The van der Waals surface area contributed by atoms with E-state index in [1.54, 1.807) is 18.2 Å². The lowest BCUT2D eigenvalue weighted by atomic mass is 10.3. The van der Waals surface area contributed by atoms with Crippen LogP contribution in [-0.4, -0.2) is 58.4 Å². The number of nitrogens with zero attached hydrogens (tertiary/aromatic N) is 2. The van der Waals surface area contributed by atoms with Crippen LogP contribution in [0, 0.1) is 0 Å². The number of fused-ring (bicyclic) bond motifs is 1. The number of hydrogen-bond donors (Lipinski definition) is 0. The molecule has 1 saturated heterocycles. The van der Waals surface area contributed by atoms with Crippen LogP contribution in [-0.2, 0) is 10.0 Å². The van der Waals surface area contributed by atoms with Crippen molar-refractivity contribution in [3.63, 3.8) is 0 Å². The molecule has 26 heavy (non-hydrogen) atoms. The summed E-state index contributed by atoms with van der Waals surface area (Å²) in [6.45, 7) is 2.84. The molecule has 0 N–H and O–H groups in total. The van der Waals surface area contributed by atoms with Gasteiger partial charge in [0.1, 0.15) is 13.2 Å². The van der Waals surface area contributed by atoms with E-state index in [1.165, 1.54) is 21.7 Å². The van der Waals surface area contributed by atoms with Crippen LogP contribution in [0.1, 0.15) is 9.67 Å². The lowest BCUT2D eigenvalue weighted by Gasteiger charge is -2.34. The van der Waals surface area contributed by atoms with Gasteiger partial charge in [-0.15, -0.1) is 11.3 Å². The average Bonchev–Trinajstić information content (AvgIpc) is 3.17. The molecule has 0 saturated carbocycles. The fraction of sp³-hybridized carbons (Fsp3) is 0.353. The summed E-state index contributed by atoms with van der Waals surface area (Å²) in [6, 6.07) is 8.42. The summed E-state index contributed by atoms with van der Waals surface area (Å²) in [5.41, 5.74) is 0. The number of carbonyl (C=O) groups excluding carboxylic acids is 1. The first kappa shape index (κ1) is 17.3. The van der Waals surface area contributed by atoms with Gasteiger partial charge in [0.25, 0.3) is 0 Å². The molecule has 0 aliphatic carbocycles. The predicted octanol–water partition coefficient (Wildman–Crippen LogP) is 1.84. The molecule has 2 aliphatic rings. The van der Waals surface area contributed by atoms with Gasteiger partial charge >= 0.3 is 0 Å². The van der Waals surface area contributed by atoms with Crippen molar-refractivity contribution in [1.82, 2.24) is 4.31 Å². The number of anilines is 1. The molecule has 1 fully saturated rings. The number of thiophene rings is 1. The molecule has 138 valence electrons. The third-order valence-electron chi connectivity index (χ3n) is 4.43. The molecule has 0 amide bonds. The van der Waals surface area contributed by atoms with Crippen molar-refractivity contribution >= 4 is 32.6 Å². The van der Waals surface area contributed by atoms with Gasteiger partial charge in [-0.1, -0.05) is 0 Å². The van der Waals surface area contributed by atoms with Crippen molar-refractivity contribution in [2.45, 2.75) is 4.90 Å². The fourth-order valence-electron chi connectivity index (χ4n) is 3.06. The molecule has 0 spiro atoms. The van der Waals surface area contributed by atoms with Gasteiger partial charge in [0.2, 0.25) is 10.0 Å². The molecule has 3 heterocycles. The van der Waals surface area contributed by atoms with E-state index in [-0.39, 0.29) is 4.90 Å². The van der Waals surface area contributed by atoms with Crippen LogP contribution in [0.2, 0.25) is 0 Å². The highest BCUT2D eigenvalue weighted by atomic mass is 32.2. The van der Waals surface area contributed by atoms with Crippen LogP contribution in [0.15, 0.2) is 35.2 Å². The molecule has 0 atom stereocenters. The van der Waals surface area contributed by atoms with E-state index in [4.69, 9.17) is 9.47 Å². The van der Waals surface area contributed by atoms with Crippen molar-refractivity contribution in [3.05, 3.63) is 35.2 Å². The van der Waals surface area contributed by atoms with Crippen LogP contribution in [0.4, 0.5) is 5.00 Å². The van der Waals surface area contributed by atoms with Crippen LogP contribution < -0.4 is 14.4 Å². The molecule has 9 heteroatoms. The number of carbonyl (C=O) groups is 1. The van der Waals surface area contributed by atoms with E-state index in [2.05, 4.69) is 4.90 Å². The Kier molecular flexibility index (Phi) is 4.60. The summed E-state index contributed by atoms with van der Waals surface area (Å²) in [7, 11) is -3.58. The minimum atomic E-state index is -3.58. The highest BCUT2D eigenvalue weighted by molar-refractivity contribution is 7.89. The second kappa shape index (κ2) is 6.90. The monoisotopic (exact) mass is 394 g/mol. The second-order valence-electron chi connectivity index (χ2n) is 5.99. The summed E-state index contributed by atoms with van der Waals surface area (Å²) in [4.78, 5) is 13.8. The van der Waals surface area contributed by atoms with Gasteiger partial charge in [0.15, 0.2) is 17.8 Å². The van der Waals surface area contributed by atoms with Gasteiger partial charge in [-0.25, -0.2) is 8.42 Å². The maximum absolute atomic E-state index is 12.9. The predicted molar refractivity (Wildman–Crippen MR) is 98.1 cm³/mol. The Morgan fingerprint density at radius 3 is 2.38 bits per heavy atom. The van der Waals surface area contributed by atoms with Crippen molar-refractivity contribution in [1.29, 1.82) is 0 Å². The highest BCUT2D eigenvalue weighted by Crippen LogP contribution is 2.33. The van der Waals surface area contributed by atoms with E-state index in [0.717, 1.165) is 11.3 Å². The van der Waals surface area contributed by atoms with Crippen molar-refractivity contribution in [3.8, 4) is 11.5 Å². The SMILES string of the molecule is O=Cc1ccc(N2CCN(S(=O)(=O)c3ccc4c(c3)OCCO4)CC2)s1. The maximum atomic E-state index is 12.9. The number of aldehydes is 1. The molecule has 4 rings (SSSR count). The molecule has 0 bridgehead atoms. The Labute approximate surface area is 155 Å². The number of benzene rings is 1. The lowest BCUT2D eigenvalue weighted by molar-refractivity contribution is 0.112. The third kappa shape index (κ3) is 3.17. The Morgan fingerprint density at radius 2 is 1.69 bits per heavy atom. The zero-order valence-electron chi connectivity index (χ0n) is 14.0. The van der Waals surface area contributed by atoms with Gasteiger partial charge in [-0.3, -0.25) is 4.79 Å². The number of hydrogen-bond acceptors (Lipinski definition) is 7. The largest absolute Gasteiger partial charge is 0.486 e. The summed E-state index contributed by atoms with van der Waals surface area (Å²) in [5.74, 6) is 1.04. The topological polar surface area (TPSA) is 76.2 Å². The van der Waals surface area contributed by atoms with Gasteiger partial charge in [-0.2, -0.15) is 4.31 Å². The molecule has 7 nitrogen and oxygen atoms in total. The van der Waals surface area contributed by atoms with E-state index < -0.39 is 10.0 Å². The fourth-order valence-corrected chi connectivity index (χ4v) is 5.37. The Morgan fingerprint density at radius 1 is 0.962 bits per heavy atom. The van der Waals surface area contributed by atoms with Gasteiger partial charge in [-0.05, 0) is 24.3 Å². The van der Waals surface area contributed by atoms with Crippen LogP contribution in [0.5, 0.6) is 11.5 Å². The van der Waals surface area contributed by atoms with E-state index in [1.807, 2.05) is 6.07 Å². The molecular weight excluding hydrogens is 376 g/mol. The van der Waals surface area contributed by atoms with E-state index >= 15 is 0 Å². The Bertz CT molecular complexity index is 917. The zero-order valence-corrected chi connectivity index (χ0v) is 15.6. The standard InChI is InChI=1S/C17H18N2O5S2/c20-12-13-1-4-17(25-13)18-5-7-19(8-6-18)26(21,22)14-2-3-15-16(11-14)24-10-9-23-15/h1-4,11-12H,5-10H2. The minimum Gasteiger partial charge on any atom is -0.486 e. The minimum absolute atomic E-state index is 0.217. The second-order valence-corrected chi connectivity index (χ2v) is 9.02. The van der Waals surface area contributed by atoms with E-state index in [9.17, 15) is 13.2 Å². The van der Waals surface area contributed by atoms with Crippen LogP contribution >= 0.6 is 11.3 Å². The molecule has 2 aliphatic heterocycles. The normalized spacial score (nSPS) is 17.9. The molecule has 1 aromatic carbocycles. The molecule has 0 unspecified atom stereocenters. The van der Waals surface area contributed by atoms with Gasteiger partial charge in [0.05, 0.1) is 14.8 Å². The molecule has 2 aromatic rings. The quantitative estimate of drug-likeness (QED) is 0.737. The number of piperazine rings is 1. The van der Waals surface area contributed by atoms with Crippen molar-refractivity contribution < 1.29 is 22.7 Å². The van der Waals surface area contributed by atoms with Crippen LogP contribution in [0.3, 0.4) is 0 Å². The summed E-state index contributed by atoms with van der Waals surface area (Å²) in [5, 5.41) is 0.989. The highest BCUT2D eigenvalue weighted by Gasteiger charge is 2.30.